The second-order valence-corrected chi connectivity index (χ2v) is 5.70. The maximum absolute atomic E-state index is 12.5. The molecule has 5 nitrogen and oxygen atoms in total. The lowest BCUT2D eigenvalue weighted by Gasteiger charge is -2.33. The fourth-order valence-electron chi connectivity index (χ4n) is 2.75. The van der Waals surface area contributed by atoms with Crippen LogP contribution in [0.15, 0.2) is 34.7 Å². The molecule has 7 heteroatoms. The zero-order valence-corrected chi connectivity index (χ0v) is 15.5. The molecule has 132 valence electrons. The highest BCUT2D eigenvalue weighted by atomic mass is 35.5. The predicted octanol–water partition coefficient (Wildman–Crippen LogP) is 2.86. The Morgan fingerprint density at radius 3 is 2.71 bits per heavy atom. The van der Waals surface area contributed by atoms with E-state index in [1.165, 1.54) is 0 Å². The van der Waals surface area contributed by atoms with Crippen LogP contribution in [0.5, 0.6) is 0 Å². The molecule has 0 spiro atoms. The average Bonchev–Trinajstić information content (AvgIpc) is 2.89. The number of oxazole rings is 1. The summed E-state index contributed by atoms with van der Waals surface area (Å²) in [7, 11) is 0. The lowest BCUT2D eigenvalue weighted by atomic mass is 10.1. The van der Waals surface area contributed by atoms with Crippen LogP contribution < -0.4 is 5.32 Å². The van der Waals surface area contributed by atoms with Crippen LogP contribution in [-0.4, -0.2) is 41.5 Å². The first kappa shape index (κ1) is 20.5. The van der Waals surface area contributed by atoms with Crippen molar-refractivity contribution in [1.82, 2.24) is 15.2 Å². The van der Waals surface area contributed by atoms with Gasteiger partial charge in [0.1, 0.15) is 5.76 Å². The number of rotatable bonds is 3. The molecule has 24 heavy (non-hydrogen) atoms. The van der Waals surface area contributed by atoms with Crippen molar-refractivity contribution in [3.8, 4) is 11.5 Å². The van der Waals surface area contributed by atoms with Gasteiger partial charge in [-0.1, -0.05) is 18.2 Å². The van der Waals surface area contributed by atoms with Crippen LogP contribution in [0.2, 0.25) is 0 Å². The first-order valence-electron chi connectivity index (χ1n) is 7.67. The Morgan fingerprint density at radius 2 is 2.04 bits per heavy atom. The molecule has 0 saturated carbocycles. The Kier molecular flexibility index (Phi) is 7.73. The maximum atomic E-state index is 12.5. The summed E-state index contributed by atoms with van der Waals surface area (Å²) in [5, 5.41) is 3.29. The van der Waals surface area contributed by atoms with Gasteiger partial charge in [-0.3, -0.25) is 4.79 Å². The molecule has 1 fully saturated rings. The highest BCUT2D eigenvalue weighted by Gasteiger charge is 2.24. The molecule has 1 aliphatic heterocycles. The smallest absolute Gasteiger partial charge is 0.229 e. The quantitative estimate of drug-likeness (QED) is 0.900. The molecule has 1 aliphatic rings. The van der Waals surface area contributed by atoms with Crippen molar-refractivity contribution in [3.63, 3.8) is 0 Å². The molecule has 3 rings (SSSR count). The average molecular weight is 372 g/mol. The number of carbonyl (C=O) groups excluding carboxylic acids is 1. The van der Waals surface area contributed by atoms with Gasteiger partial charge in [0.25, 0.3) is 0 Å². The molecule has 1 aromatic carbocycles. The molecule has 2 heterocycles. The van der Waals surface area contributed by atoms with Gasteiger partial charge in [0.2, 0.25) is 11.8 Å². The van der Waals surface area contributed by atoms with Crippen molar-refractivity contribution < 1.29 is 9.21 Å². The Balaban J connectivity index is 0.00000144. The standard InChI is InChI=1S/C17H21N3O2.2ClH/c1-12-11-18-8-9-20(12)16(21)10-15-13(2)22-17(19-15)14-6-4-3-5-7-14;;/h3-7,12,18H,8-11H2,1-2H3;2*1H/t12-;;/m0../s1. The number of piperazine rings is 1. The van der Waals surface area contributed by atoms with Crippen LogP contribution in [-0.2, 0) is 11.2 Å². The molecule has 2 aromatic rings. The molecule has 1 aromatic heterocycles. The number of nitrogens with zero attached hydrogens (tertiary/aromatic N) is 2. The van der Waals surface area contributed by atoms with Crippen LogP contribution in [0.25, 0.3) is 11.5 Å². The number of nitrogens with one attached hydrogen (secondary N) is 1. The van der Waals surface area contributed by atoms with Crippen molar-refractivity contribution in [3.05, 3.63) is 41.8 Å². The van der Waals surface area contributed by atoms with Crippen LogP contribution in [0.3, 0.4) is 0 Å². The van der Waals surface area contributed by atoms with Gasteiger partial charge in [-0.25, -0.2) is 4.98 Å². The van der Waals surface area contributed by atoms with Crippen molar-refractivity contribution in [2.75, 3.05) is 19.6 Å². The number of carbonyl (C=O) groups is 1. The third kappa shape index (κ3) is 4.50. The third-order valence-corrected chi connectivity index (χ3v) is 4.05. The minimum atomic E-state index is 0. The van der Waals surface area contributed by atoms with Crippen LogP contribution in [0.1, 0.15) is 18.4 Å². The molecule has 1 amide bonds. The van der Waals surface area contributed by atoms with E-state index in [9.17, 15) is 4.79 Å². The van der Waals surface area contributed by atoms with Crippen molar-refractivity contribution in [2.45, 2.75) is 26.3 Å². The maximum Gasteiger partial charge on any atom is 0.229 e. The Morgan fingerprint density at radius 1 is 1.33 bits per heavy atom. The third-order valence-electron chi connectivity index (χ3n) is 4.05. The Labute approximate surface area is 154 Å². The number of aromatic nitrogens is 1. The van der Waals surface area contributed by atoms with E-state index in [0.29, 0.717) is 12.3 Å². The van der Waals surface area contributed by atoms with Gasteiger partial charge < -0.3 is 14.6 Å². The number of aryl methyl sites for hydroxylation is 1. The Hall–Kier alpha value is -1.56. The molecule has 0 bridgehead atoms. The second-order valence-electron chi connectivity index (χ2n) is 5.70. The molecule has 0 unspecified atom stereocenters. The van der Waals surface area contributed by atoms with E-state index in [4.69, 9.17) is 4.42 Å². The minimum absolute atomic E-state index is 0. The lowest BCUT2D eigenvalue weighted by Crippen LogP contribution is -2.52. The van der Waals surface area contributed by atoms with Crippen molar-refractivity contribution in [2.24, 2.45) is 0 Å². The Bertz CT molecular complexity index is 661. The summed E-state index contributed by atoms with van der Waals surface area (Å²) in [6.07, 6.45) is 0.298. The van der Waals surface area contributed by atoms with Gasteiger partial charge in [0.05, 0.1) is 12.1 Å². The van der Waals surface area contributed by atoms with E-state index in [0.717, 1.165) is 36.7 Å². The summed E-state index contributed by atoms with van der Waals surface area (Å²) in [6, 6.07) is 9.98. The number of hydrogen-bond donors (Lipinski definition) is 1. The first-order valence-corrected chi connectivity index (χ1v) is 7.67. The topological polar surface area (TPSA) is 58.4 Å². The molecule has 1 atom stereocenters. The number of hydrogen-bond acceptors (Lipinski definition) is 4. The zero-order chi connectivity index (χ0) is 15.5. The van der Waals surface area contributed by atoms with Gasteiger partial charge >= 0.3 is 0 Å². The summed E-state index contributed by atoms with van der Waals surface area (Å²) in [5.74, 6) is 1.41. The van der Waals surface area contributed by atoms with Gasteiger partial charge in [-0.15, -0.1) is 24.8 Å². The fraction of sp³-hybridized carbons (Fsp3) is 0.412. The van der Waals surface area contributed by atoms with Gasteiger partial charge in [0.15, 0.2) is 0 Å². The van der Waals surface area contributed by atoms with E-state index in [-0.39, 0.29) is 36.8 Å². The van der Waals surface area contributed by atoms with Gasteiger partial charge in [-0.05, 0) is 26.0 Å². The molecule has 1 saturated heterocycles. The molecule has 1 N–H and O–H groups in total. The van der Waals surface area contributed by atoms with Gasteiger partial charge in [-0.2, -0.15) is 0 Å². The summed E-state index contributed by atoms with van der Waals surface area (Å²) in [6.45, 7) is 6.38. The fourth-order valence-corrected chi connectivity index (χ4v) is 2.75. The van der Waals surface area contributed by atoms with E-state index < -0.39 is 0 Å². The zero-order valence-electron chi connectivity index (χ0n) is 13.8. The highest BCUT2D eigenvalue weighted by molar-refractivity contribution is 5.85. The normalized spacial score (nSPS) is 16.9. The molecule has 0 radical (unpaired) electrons. The minimum Gasteiger partial charge on any atom is -0.441 e. The number of amides is 1. The van der Waals surface area contributed by atoms with E-state index in [2.05, 4.69) is 17.2 Å². The molecular weight excluding hydrogens is 349 g/mol. The van der Waals surface area contributed by atoms with Crippen LogP contribution in [0.4, 0.5) is 0 Å². The number of halogens is 2. The van der Waals surface area contributed by atoms with Crippen molar-refractivity contribution in [1.29, 1.82) is 0 Å². The second kappa shape index (κ2) is 9.06. The molecular formula is C17H23Cl2N3O2. The summed E-state index contributed by atoms with van der Waals surface area (Å²) < 4.78 is 5.72. The van der Waals surface area contributed by atoms with Crippen molar-refractivity contribution >= 4 is 30.7 Å². The predicted molar refractivity (Wildman–Crippen MR) is 98.9 cm³/mol. The van der Waals surface area contributed by atoms with Crippen LogP contribution >= 0.6 is 24.8 Å². The summed E-state index contributed by atoms with van der Waals surface area (Å²) in [5.41, 5.74) is 1.66. The lowest BCUT2D eigenvalue weighted by molar-refractivity contribution is -0.133. The summed E-state index contributed by atoms with van der Waals surface area (Å²) in [4.78, 5) is 18.9. The van der Waals surface area contributed by atoms with E-state index in [1.807, 2.05) is 42.2 Å². The van der Waals surface area contributed by atoms with E-state index >= 15 is 0 Å². The van der Waals surface area contributed by atoms with Gasteiger partial charge in [0, 0.05) is 31.2 Å². The monoisotopic (exact) mass is 371 g/mol. The van der Waals surface area contributed by atoms with Crippen LogP contribution in [0, 0.1) is 6.92 Å². The molecule has 0 aliphatic carbocycles. The first-order chi connectivity index (χ1) is 10.6. The number of benzene rings is 1. The summed E-state index contributed by atoms with van der Waals surface area (Å²) >= 11 is 0. The highest BCUT2D eigenvalue weighted by Crippen LogP contribution is 2.22. The SMILES string of the molecule is Cc1oc(-c2ccccc2)nc1CC(=O)N1CCNC[C@@H]1C.Cl.Cl. The van der Waals surface area contributed by atoms with E-state index in [1.54, 1.807) is 0 Å². The largest absolute Gasteiger partial charge is 0.441 e.